The van der Waals surface area contributed by atoms with Crippen LogP contribution >= 0.6 is 0 Å². The van der Waals surface area contributed by atoms with Crippen molar-refractivity contribution in [3.05, 3.63) is 18.2 Å². The Hall–Kier alpha value is -1.86. The molecule has 57 heavy (non-hydrogen) atoms. The van der Waals surface area contributed by atoms with E-state index in [0.29, 0.717) is 19.8 Å². The maximum atomic E-state index is 6.48. The number of nitrogens with one attached hydrogen (secondary N) is 9. The molecule has 0 spiro atoms. The first-order valence-electron chi connectivity index (χ1n) is 22.9. The SMILES string of the molecule is c1c(OCCN2CCCNCCNCCCNCC2)cc(OCCN2CCCNCCNCCCNCC2)cc1OCCN1CCCNCCNCCCNCC1. The first kappa shape index (κ1) is 47.8. The van der Waals surface area contributed by atoms with Gasteiger partial charge in [-0.2, -0.15) is 0 Å². The van der Waals surface area contributed by atoms with Gasteiger partial charge in [-0.25, -0.2) is 0 Å². The molecule has 3 fully saturated rings. The molecule has 0 aromatic heterocycles. The van der Waals surface area contributed by atoms with Crippen molar-refractivity contribution in [3.63, 3.8) is 0 Å². The topological polar surface area (TPSA) is 146 Å². The third kappa shape index (κ3) is 25.4. The molecule has 3 aliphatic rings. The van der Waals surface area contributed by atoms with Crippen LogP contribution < -0.4 is 62.1 Å². The van der Waals surface area contributed by atoms with Crippen LogP contribution in [0, 0.1) is 0 Å². The standard InChI is InChI=1S/C42H84N12O3/c1-7-43-16-19-46-13-4-25-52(28-22-49-10-1)31-34-55-40-37-41(56-35-32-53-26-5-14-47-20-17-44-8-2-11-50-23-29-53)39-42(38-40)57-36-33-54-27-6-15-48-21-18-45-9-3-12-51-24-30-54/h37-39,43-51H,1-36H2. The molecule has 1 aromatic rings. The second-order valence-electron chi connectivity index (χ2n) is 15.6. The van der Waals surface area contributed by atoms with Crippen LogP contribution in [0.5, 0.6) is 17.2 Å². The van der Waals surface area contributed by atoms with Gasteiger partial charge in [0.1, 0.15) is 37.1 Å². The first-order chi connectivity index (χ1) is 28.3. The van der Waals surface area contributed by atoms with Crippen molar-refractivity contribution in [2.24, 2.45) is 0 Å². The summed E-state index contributed by atoms with van der Waals surface area (Å²) in [5, 5.41) is 32.2. The Kier molecular flexibility index (Phi) is 28.4. The summed E-state index contributed by atoms with van der Waals surface area (Å²) in [5.41, 5.74) is 0. The van der Waals surface area contributed by atoms with Gasteiger partial charge >= 0.3 is 0 Å². The van der Waals surface area contributed by atoms with E-state index in [1.807, 2.05) is 18.2 Å². The Balaban J connectivity index is 1.32. The van der Waals surface area contributed by atoms with Crippen LogP contribution in [-0.2, 0) is 0 Å². The molecule has 0 aliphatic carbocycles. The highest BCUT2D eigenvalue weighted by atomic mass is 16.5. The first-order valence-corrected chi connectivity index (χ1v) is 22.9. The van der Waals surface area contributed by atoms with E-state index >= 15 is 0 Å². The van der Waals surface area contributed by atoms with Crippen molar-refractivity contribution in [3.8, 4) is 17.2 Å². The zero-order chi connectivity index (χ0) is 39.5. The van der Waals surface area contributed by atoms with E-state index in [2.05, 4.69) is 62.6 Å². The lowest BCUT2D eigenvalue weighted by Gasteiger charge is -2.24. The Bertz CT molecular complexity index is 896. The zero-order valence-corrected chi connectivity index (χ0v) is 35.8. The molecule has 15 heteroatoms. The number of hydrogen-bond acceptors (Lipinski definition) is 15. The normalized spacial score (nSPS) is 22.3. The molecule has 0 amide bonds. The minimum absolute atomic E-state index is 0.621. The van der Waals surface area contributed by atoms with E-state index in [1.54, 1.807) is 0 Å². The fraction of sp³-hybridized carbons (Fsp3) is 0.857. The Morgan fingerprint density at radius 2 is 0.544 bits per heavy atom. The lowest BCUT2D eigenvalue weighted by atomic mass is 10.3. The Labute approximate surface area is 346 Å². The quantitative estimate of drug-likeness (QED) is 0.133. The van der Waals surface area contributed by atoms with Crippen molar-refractivity contribution in [2.75, 3.05) is 197 Å². The molecule has 1 aromatic carbocycles. The largest absolute Gasteiger partial charge is 0.492 e. The highest BCUT2D eigenvalue weighted by molar-refractivity contribution is 5.42. The number of nitrogens with zero attached hydrogens (tertiary/aromatic N) is 3. The van der Waals surface area contributed by atoms with Gasteiger partial charge in [0.05, 0.1) is 0 Å². The molecular weight excluding hydrogens is 721 g/mol. The average molecular weight is 805 g/mol. The minimum atomic E-state index is 0.621. The van der Waals surface area contributed by atoms with Crippen molar-refractivity contribution < 1.29 is 14.2 Å². The van der Waals surface area contributed by atoms with Gasteiger partial charge in [-0.15, -0.1) is 0 Å². The maximum Gasteiger partial charge on any atom is 0.126 e. The van der Waals surface area contributed by atoms with Crippen LogP contribution in [0.4, 0.5) is 0 Å². The second kappa shape index (κ2) is 33.9. The summed E-state index contributed by atoms with van der Waals surface area (Å²) in [6.45, 7) is 29.4. The van der Waals surface area contributed by atoms with Crippen molar-refractivity contribution in [1.29, 1.82) is 0 Å². The molecule has 15 nitrogen and oxygen atoms in total. The molecule has 3 heterocycles. The number of benzene rings is 1. The molecular formula is C42H84N12O3. The lowest BCUT2D eigenvalue weighted by Crippen LogP contribution is -2.38. The molecule has 4 rings (SSSR count). The lowest BCUT2D eigenvalue weighted by molar-refractivity contribution is 0.195. The van der Waals surface area contributed by atoms with Gasteiger partial charge in [0.2, 0.25) is 0 Å². The van der Waals surface area contributed by atoms with E-state index in [9.17, 15) is 0 Å². The second-order valence-corrected chi connectivity index (χ2v) is 15.6. The number of hydrogen-bond donors (Lipinski definition) is 9. The summed E-state index contributed by atoms with van der Waals surface area (Å²) < 4.78 is 19.4. The third-order valence-electron chi connectivity index (χ3n) is 10.7. The highest BCUT2D eigenvalue weighted by Crippen LogP contribution is 2.28. The van der Waals surface area contributed by atoms with Crippen LogP contribution in [0.3, 0.4) is 0 Å². The van der Waals surface area contributed by atoms with Crippen LogP contribution in [0.1, 0.15) is 38.5 Å². The van der Waals surface area contributed by atoms with Gasteiger partial charge in [0.15, 0.2) is 0 Å². The van der Waals surface area contributed by atoms with Gasteiger partial charge in [0.25, 0.3) is 0 Å². The summed E-state index contributed by atoms with van der Waals surface area (Å²) in [6, 6.07) is 6.15. The van der Waals surface area contributed by atoms with Gasteiger partial charge in [-0.3, -0.25) is 14.7 Å². The summed E-state index contributed by atoms with van der Waals surface area (Å²) in [6.07, 6.45) is 6.85. The summed E-state index contributed by atoms with van der Waals surface area (Å²) in [5.74, 6) is 2.43. The van der Waals surface area contributed by atoms with E-state index < -0.39 is 0 Å². The van der Waals surface area contributed by atoms with E-state index in [4.69, 9.17) is 14.2 Å². The van der Waals surface area contributed by atoms with Crippen LogP contribution in [0.15, 0.2) is 18.2 Å². The van der Waals surface area contributed by atoms with Crippen molar-refractivity contribution in [2.45, 2.75) is 38.5 Å². The zero-order valence-electron chi connectivity index (χ0n) is 35.8. The molecule has 0 unspecified atom stereocenters. The van der Waals surface area contributed by atoms with Gasteiger partial charge in [0, 0.05) is 116 Å². The molecule has 3 aliphatic heterocycles. The Morgan fingerprint density at radius 3 is 0.825 bits per heavy atom. The van der Waals surface area contributed by atoms with Crippen molar-refractivity contribution >= 4 is 0 Å². The van der Waals surface area contributed by atoms with Crippen LogP contribution in [-0.4, -0.2) is 211 Å². The average Bonchev–Trinajstić information content (AvgIpc) is 3.21. The highest BCUT2D eigenvalue weighted by Gasteiger charge is 2.12. The fourth-order valence-electron chi connectivity index (χ4n) is 7.34. The van der Waals surface area contributed by atoms with Crippen LogP contribution in [0.25, 0.3) is 0 Å². The third-order valence-corrected chi connectivity index (χ3v) is 10.7. The molecule has 0 radical (unpaired) electrons. The van der Waals surface area contributed by atoms with Crippen LogP contribution in [0.2, 0.25) is 0 Å². The van der Waals surface area contributed by atoms with Gasteiger partial charge in [-0.05, 0) is 117 Å². The van der Waals surface area contributed by atoms with E-state index in [0.717, 1.165) is 232 Å². The summed E-state index contributed by atoms with van der Waals surface area (Å²) >= 11 is 0. The van der Waals surface area contributed by atoms with E-state index in [-0.39, 0.29) is 0 Å². The molecule has 3 saturated heterocycles. The van der Waals surface area contributed by atoms with Crippen molar-refractivity contribution in [1.82, 2.24) is 62.6 Å². The fourth-order valence-corrected chi connectivity index (χ4v) is 7.34. The van der Waals surface area contributed by atoms with E-state index in [1.165, 1.54) is 0 Å². The van der Waals surface area contributed by atoms with Gasteiger partial charge in [-0.1, -0.05) is 0 Å². The molecule has 0 saturated carbocycles. The smallest absolute Gasteiger partial charge is 0.126 e. The molecule has 0 atom stereocenters. The Morgan fingerprint density at radius 1 is 0.298 bits per heavy atom. The predicted octanol–water partition coefficient (Wildman–Crippen LogP) is -0.583. The summed E-state index contributed by atoms with van der Waals surface area (Å²) in [7, 11) is 0. The maximum absolute atomic E-state index is 6.48. The summed E-state index contributed by atoms with van der Waals surface area (Å²) in [4.78, 5) is 7.58. The monoisotopic (exact) mass is 805 g/mol. The molecule has 9 N–H and O–H groups in total. The predicted molar refractivity (Wildman–Crippen MR) is 236 cm³/mol. The molecule has 0 bridgehead atoms. The number of rotatable bonds is 12. The van der Waals surface area contributed by atoms with Gasteiger partial charge < -0.3 is 62.1 Å². The minimum Gasteiger partial charge on any atom is -0.492 e. The number of ether oxygens (including phenoxy) is 3. The molecule has 330 valence electrons.